The Morgan fingerprint density at radius 1 is 0.864 bits per heavy atom. The zero-order valence-electron chi connectivity index (χ0n) is 13.5. The van der Waals surface area contributed by atoms with Gasteiger partial charge in [-0.1, -0.05) is 36.8 Å². The second kappa shape index (κ2) is 7.38. The summed E-state index contributed by atoms with van der Waals surface area (Å²) in [5.41, 5.74) is 0.948. The fourth-order valence-corrected chi connectivity index (χ4v) is 3.89. The molecular formula is C19H28N2O. The molecule has 1 aromatic carbocycles. The molecule has 1 aromatic rings. The van der Waals surface area contributed by atoms with Gasteiger partial charge in [0.25, 0.3) is 0 Å². The summed E-state index contributed by atoms with van der Waals surface area (Å²) in [6, 6.07) is 10.3. The first-order valence-electron chi connectivity index (χ1n) is 8.79. The third-order valence-corrected chi connectivity index (χ3v) is 5.50. The van der Waals surface area contributed by atoms with Gasteiger partial charge in [0, 0.05) is 13.1 Å². The van der Waals surface area contributed by atoms with Crippen molar-refractivity contribution in [3.8, 4) is 0 Å². The number of aldehydes is 1. The fraction of sp³-hybridized carbons (Fsp3) is 0.632. The average Bonchev–Trinajstić information content (AvgIpc) is 2.62. The molecule has 2 heterocycles. The molecule has 120 valence electrons. The lowest BCUT2D eigenvalue weighted by atomic mass is 9.74. The van der Waals surface area contributed by atoms with Crippen LogP contribution in [-0.4, -0.2) is 55.4 Å². The Balaban J connectivity index is 1.51. The van der Waals surface area contributed by atoms with Gasteiger partial charge in [-0.2, -0.15) is 0 Å². The molecular weight excluding hydrogens is 272 g/mol. The molecule has 0 aromatic heterocycles. The van der Waals surface area contributed by atoms with Crippen molar-refractivity contribution < 1.29 is 4.79 Å². The van der Waals surface area contributed by atoms with E-state index >= 15 is 0 Å². The molecule has 0 N–H and O–H groups in total. The minimum Gasteiger partial charge on any atom is -0.302 e. The zero-order valence-corrected chi connectivity index (χ0v) is 13.5. The van der Waals surface area contributed by atoms with E-state index in [1.165, 1.54) is 50.7 Å². The number of piperidine rings is 2. The number of rotatable bonds is 5. The highest BCUT2D eigenvalue weighted by atomic mass is 16.1. The first-order valence-corrected chi connectivity index (χ1v) is 8.79. The highest BCUT2D eigenvalue weighted by molar-refractivity contribution is 5.68. The maximum Gasteiger partial charge on any atom is 0.130 e. The smallest absolute Gasteiger partial charge is 0.130 e. The van der Waals surface area contributed by atoms with Gasteiger partial charge in [0.05, 0.1) is 5.41 Å². The predicted octanol–water partition coefficient (Wildman–Crippen LogP) is 2.71. The van der Waals surface area contributed by atoms with Gasteiger partial charge in [0.2, 0.25) is 0 Å². The number of hydrogen-bond acceptors (Lipinski definition) is 3. The van der Waals surface area contributed by atoms with Crippen molar-refractivity contribution in [1.82, 2.24) is 9.80 Å². The highest BCUT2D eigenvalue weighted by Gasteiger charge is 2.35. The van der Waals surface area contributed by atoms with Crippen LogP contribution in [-0.2, 0) is 10.2 Å². The summed E-state index contributed by atoms with van der Waals surface area (Å²) in [6.07, 6.45) is 7.25. The van der Waals surface area contributed by atoms with E-state index in [1.54, 1.807) is 0 Å². The van der Waals surface area contributed by atoms with Gasteiger partial charge < -0.3 is 14.6 Å². The van der Waals surface area contributed by atoms with Crippen LogP contribution in [0.25, 0.3) is 0 Å². The maximum absolute atomic E-state index is 11.8. The van der Waals surface area contributed by atoms with E-state index in [1.807, 2.05) is 18.2 Å². The van der Waals surface area contributed by atoms with Crippen molar-refractivity contribution in [3.63, 3.8) is 0 Å². The molecule has 2 saturated heterocycles. The van der Waals surface area contributed by atoms with Crippen LogP contribution in [0.15, 0.2) is 30.3 Å². The molecule has 3 nitrogen and oxygen atoms in total. The van der Waals surface area contributed by atoms with Gasteiger partial charge in [-0.05, 0) is 57.4 Å². The third kappa shape index (κ3) is 3.58. The highest BCUT2D eigenvalue weighted by Crippen LogP contribution is 2.33. The van der Waals surface area contributed by atoms with Crippen LogP contribution in [0, 0.1) is 0 Å². The van der Waals surface area contributed by atoms with E-state index < -0.39 is 0 Å². The molecule has 0 atom stereocenters. The molecule has 0 aliphatic carbocycles. The second-order valence-electron chi connectivity index (χ2n) is 6.88. The van der Waals surface area contributed by atoms with Crippen molar-refractivity contribution in [1.29, 1.82) is 0 Å². The third-order valence-electron chi connectivity index (χ3n) is 5.50. The maximum atomic E-state index is 11.8. The minimum atomic E-state index is -0.247. The first kappa shape index (κ1) is 15.7. The van der Waals surface area contributed by atoms with Crippen LogP contribution in [0.4, 0.5) is 0 Å². The van der Waals surface area contributed by atoms with Crippen molar-refractivity contribution in [3.05, 3.63) is 35.9 Å². The van der Waals surface area contributed by atoms with Gasteiger partial charge in [-0.25, -0.2) is 0 Å². The number of hydrogen-bond donors (Lipinski definition) is 0. The predicted molar refractivity (Wildman–Crippen MR) is 90.1 cm³/mol. The lowest BCUT2D eigenvalue weighted by Gasteiger charge is -2.39. The Bertz CT molecular complexity index is 460. The van der Waals surface area contributed by atoms with Crippen LogP contribution >= 0.6 is 0 Å². The van der Waals surface area contributed by atoms with Gasteiger partial charge >= 0.3 is 0 Å². The monoisotopic (exact) mass is 300 g/mol. The van der Waals surface area contributed by atoms with Crippen LogP contribution < -0.4 is 0 Å². The van der Waals surface area contributed by atoms with E-state index in [0.717, 1.165) is 32.5 Å². The second-order valence-corrected chi connectivity index (χ2v) is 6.88. The van der Waals surface area contributed by atoms with Crippen LogP contribution in [0.5, 0.6) is 0 Å². The van der Waals surface area contributed by atoms with E-state index in [0.29, 0.717) is 0 Å². The molecule has 0 bridgehead atoms. The Morgan fingerprint density at radius 2 is 1.45 bits per heavy atom. The standard InChI is InChI=1S/C19H28N2O/c22-17-19(18-7-3-1-4-8-18)9-13-21(14-10-19)16-15-20-11-5-2-6-12-20/h1,3-4,7-8,17H,2,5-6,9-16H2. The molecule has 3 heteroatoms. The molecule has 2 aliphatic heterocycles. The van der Waals surface area contributed by atoms with Crippen LogP contribution in [0.3, 0.4) is 0 Å². The summed E-state index contributed by atoms with van der Waals surface area (Å²) >= 11 is 0. The van der Waals surface area contributed by atoms with Crippen LogP contribution in [0.2, 0.25) is 0 Å². The van der Waals surface area contributed by atoms with Crippen molar-refractivity contribution in [2.45, 2.75) is 37.5 Å². The Morgan fingerprint density at radius 3 is 2.05 bits per heavy atom. The van der Waals surface area contributed by atoms with Crippen LogP contribution in [0.1, 0.15) is 37.7 Å². The summed E-state index contributed by atoms with van der Waals surface area (Å²) in [5, 5.41) is 0. The van der Waals surface area contributed by atoms with Gasteiger partial charge in [0.1, 0.15) is 6.29 Å². The summed E-state index contributed by atoms with van der Waals surface area (Å²) in [7, 11) is 0. The molecule has 3 rings (SSSR count). The summed E-state index contributed by atoms with van der Waals surface area (Å²) in [6.45, 7) is 6.98. The van der Waals surface area contributed by atoms with Crippen molar-refractivity contribution in [2.24, 2.45) is 0 Å². The minimum absolute atomic E-state index is 0.247. The number of carbonyl (C=O) groups excluding carboxylic acids is 1. The summed E-state index contributed by atoms with van der Waals surface area (Å²) in [5.74, 6) is 0. The molecule has 0 radical (unpaired) electrons. The zero-order chi connectivity index (χ0) is 15.3. The number of nitrogens with zero attached hydrogens (tertiary/aromatic N) is 2. The molecule has 22 heavy (non-hydrogen) atoms. The first-order chi connectivity index (χ1) is 10.8. The molecule has 0 unspecified atom stereocenters. The van der Waals surface area contributed by atoms with Gasteiger partial charge in [0.15, 0.2) is 0 Å². The summed E-state index contributed by atoms with van der Waals surface area (Å²) < 4.78 is 0. The lowest BCUT2D eigenvalue weighted by molar-refractivity contribution is -0.114. The van der Waals surface area contributed by atoms with E-state index in [9.17, 15) is 4.79 Å². The number of carbonyl (C=O) groups is 1. The molecule has 0 saturated carbocycles. The topological polar surface area (TPSA) is 23.6 Å². The quantitative estimate of drug-likeness (QED) is 0.781. The average molecular weight is 300 g/mol. The van der Waals surface area contributed by atoms with E-state index in [-0.39, 0.29) is 5.41 Å². The SMILES string of the molecule is O=CC1(c2ccccc2)CCN(CCN2CCCCC2)CC1. The Labute approximate surface area is 134 Å². The number of benzene rings is 1. The van der Waals surface area contributed by atoms with E-state index in [2.05, 4.69) is 21.9 Å². The largest absolute Gasteiger partial charge is 0.302 e. The Kier molecular flexibility index (Phi) is 5.27. The van der Waals surface area contributed by atoms with E-state index in [4.69, 9.17) is 0 Å². The lowest BCUT2D eigenvalue weighted by Crippen LogP contribution is -2.46. The fourth-order valence-electron chi connectivity index (χ4n) is 3.89. The van der Waals surface area contributed by atoms with Crippen molar-refractivity contribution >= 4 is 6.29 Å². The Hall–Kier alpha value is -1.19. The van der Waals surface area contributed by atoms with Crippen molar-refractivity contribution in [2.75, 3.05) is 39.3 Å². The molecule has 2 fully saturated rings. The normalized spacial score (nSPS) is 23.3. The summed E-state index contributed by atoms with van der Waals surface area (Å²) in [4.78, 5) is 16.9. The van der Waals surface area contributed by atoms with Gasteiger partial charge in [-0.15, -0.1) is 0 Å². The molecule has 2 aliphatic rings. The molecule has 0 spiro atoms. The molecule has 0 amide bonds. The number of likely N-dealkylation sites (tertiary alicyclic amines) is 2. The van der Waals surface area contributed by atoms with Gasteiger partial charge in [-0.3, -0.25) is 0 Å².